The van der Waals surface area contributed by atoms with E-state index in [0.29, 0.717) is 22.6 Å². The van der Waals surface area contributed by atoms with Gasteiger partial charge in [-0.3, -0.25) is 19.5 Å². The molecule has 1 fully saturated rings. The number of aliphatic hydroxyl groups is 1. The summed E-state index contributed by atoms with van der Waals surface area (Å²) in [6.45, 7) is 0. The van der Waals surface area contributed by atoms with Gasteiger partial charge in [-0.2, -0.15) is 0 Å². The molecule has 1 aliphatic rings. The SMILES string of the molecule is COc1ccc(N2C(=O)C(=O)/C(=C(\O)c3ccc4ccccc4c3)C2c2cccnc2)cc1. The van der Waals surface area contributed by atoms with Gasteiger partial charge in [0.1, 0.15) is 11.5 Å². The summed E-state index contributed by atoms with van der Waals surface area (Å²) in [5.41, 5.74) is 1.63. The van der Waals surface area contributed by atoms with Crippen LogP contribution in [0, 0.1) is 0 Å². The molecule has 0 aliphatic carbocycles. The molecule has 6 heteroatoms. The van der Waals surface area contributed by atoms with Gasteiger partial charge in [-0.15, -0.1) is 0 Å². The van der Waals surface area contributed by atoms with Crippen molar-refractivity contribution < 1.29 is 19.4 Å². The smallest absolute Gasteiger partial charge is 0.300 e. The number of aliphatic hydroxyl groups excluding tert-OH is 1. The zero-order chi connectivity index (χ0) is 22.9. The average Bonchev–Trinajstić information content (AvgIpc) is 3.14. The van der Waals surface area contributed by atoms with Gasteiger partial charge in [0.15, 0.2) is 0 Å². The van der Waals surface area contributed by atoms with E-state index in [2.05, 4.69) is 4.98 Å². The van der Waals surface area contributed by atoms with Crippen molar-refractivity contribution in [3.63, 3.8) is 0 Å². The quantitative estimate of drug-likeness (QED) is 0.281. The Balaban J connectivity index is 1.70. The molecule has 0 radical (unpaired) electrons. The summed E-state index contributed by atoms with van der Waals surface area (Å²) in [4.78, 5) is 32.0. The molecule has 3 aromatic carbocycles. The van der Waals surface area contributed by atoms with Crippen LogP contribution in [0.5, 0.6) is 5.75 Å². The van der Waals surface area contributed by atoms with Crippen LogP contribution in [0.4, 0.5) is 5.69 Å². The van der Waals surface area contributed by atoms with Crippen molar-refractivity contribution in [3.8, 4) is 5.75 Å². The number of hydrogen-bond donors (Lipinski definition) is 1. The number of pyridine rings is 1. The number of anilines is 1. The lowest BCUT2D eigenvalue weighted by atomic mass is 9.95. The standard InChI is InChI=1S/C27H20N2O4/c1-33-22-12-10-21(11-13-22)29-24(20-7-4-14-28-16-20)23(26(31)27(29)32)25(30)19-9-8-17-5-2-3-6-18(17)15-19/h2-16,24,30H,1H3/b25-23-. The van der Waals surface area contributed by atoms with Crippen molar-refractivity contribution in [2.45, 2.75) is 6.04 Å². The van der Waals surface area contributed by atoms with Crippen LogP contribution in [0.3, 0.4) is 0 Å². The van der Waals surface area contributed by atoms with Gasteiger partial charge in [-0.1, -0.05) is 42.5 Å². The van der Waals surface area contributed by atoms with Gasteiger partial charge in [0.2, 0.25) is 0 Å². The number of methoxy groups -OCH3 is 1. The van der Waals surface area contributed by atoms with Gasteiger partial charge in [0, 0.05) is 23.6 Å². The maximum absolute atomic E-state index is 13.2. The lowest BCUT2D eigenvalue weighted by molar-refractivity contribution is -0.132. The average molecular weight is 436 g/mol. The summed E-state index contributed by atoms with van der Waals surface area (Å²) in [7, 11) is 1.56. The number of carbonyl (C=O) groups is 2. The molecule has 1 unspecified atom stereocenters. The third kappa shape index (κ3) is 3.51. The van der Waals surface area contributed by atoms with Gasteiger partial charge >= 0.3 is 0 Å². The Kier molecular flexibility index (Phi) is 5.11. The minimum atomic E-state index is -0.821. The van der Waals surface area contributed by atoms with Gasteiger partial charge < -0.3 is 9.84 Å². The molecule has 0 bridgehead atoms. The second-order valence-corrected chi connectivity index (χ2v) is 7.72. The first kappa shape index (κ1) is 20.5. The molecule has 1 amide bonds. The van der Waals surface area contributed by atoms with Crippen molar-refractivity contribution in [1.29, 1.82) is 0 Å². The molecule has 0 spiro atoms. The summed E-state index contributed by atoms with van der Waals surface area (Å²) in [6.07, 6.45) is 3.22. The number of aromatic nitrogens is 1. The molecule has 162 valence electrons. The van der Waals surface area contributed by atoms with Crippen molar-refractivity contribution in [2.75, 3.05) is 12.0 Å². The highest BCUT2D eigenvalue weighted by atomic mass is 16.5. The van der Waals surface area contributed by atoms with E-state index in [1.807, 2.05) is 36.4 Å². The Morgan fingerprint density at radius 3 is 2.39 bits per heavy atom. The Morgan fingerprint density at radius 1 is 0.939 bits per heavy atom. The third-order valence-electron chi connectivity index (χ3n) is 5.82. The topological polar surface area (TPSA) is 79.7 Å². The molecule has 0 saturated carbocycles. The Bertz CT molecular complexity index is 1390. The number of fused-ring (bicyclic) bond motifs is 1. The molecule has 33 heavy (non-hydrogen) atoms. The van der Waals surface area contributed by atoms with E-state index in [-0.39, 0.29) is 11.3 Å². The molecule has 1 N–H and O–H groups in total. The normalized spacial score (nSPS) is 17.5. The number of carbonyl (C=O) groups excluding carboxylic acids is 2. The minimum absolute atomic E-state index is 0.0269. The summed E-state index contributed by atoms with van der Waals surface area (Å²) in [5.74, 6) is -1.05. The first-order chi connectivity index (χ1) is 16.1. The monoisotopic (exact) mass is 436 g/mol. The highest BCUT2D eigenvalue weighted by Gasteiger charge is 2.47. The second kappa shape index (κ2) is 8.24. The third-order valence-corrected chi connectivity index (χ3v) is 5.82. The van der Waals surface area contributed by atoms with E-state index in [1.54, 1.807) is 62.0 Å². The lowest BCUT2D eigenvalue weighted by Gasteiger charge is -2.25. The molecular weight excluding hydrogens is 416 g/mol. The largest absolute Gasteiger partial charge is 0.507 e. The van der Waals surface area contributed by atoms with Crippen LogP contribution >= 0.6 is 0 Å². The maximum Gasteiger partial charge on any atom is 0.300 e. The van der Waals surface area contributed by atoms with Crippen LogP contribution < -0.4 is 9.64 Å². The van der Waals surface area contributed by atoms with E-state index >= 15 is 0 Å². The van der Waals surface area contributed by atoms with Crippen LogP contribution in [0.15, 0.2) is 96.8 Å². The van der Waals surface area contributed by atoms with Crippen molar-refractivity contribution >= 4 is 33.9 Å². The second-order valence-electron chi connectivity index (χ2n) is 7.72. The van der Waals surface area contributed by atoms with Crippen LogP contribution in [0.1, 0.15) is 17.2 Å². The number of hydrogen-bond acceptors (Lipinski definition) is 5. The van der Waals surface area contributed by atoms with Crippen LogP contribution in [0.25, 0.3) is 16.5 Å². The van der Waals surface area contributed by atoms with E-state index in [1.165, 1.54) is 4.90 Å². The highest BCUT2D eigenvalue weighted by Crippen LogP contribution is 2.42. The molecule has 6 nitrogen and oxygen atoms in total. The van der Waals surface area contributed by atoms with Crippen LogP contribution in [-0.2, 0) is 9.59 Å². The molecule has 1 aromatic heterocycles. The molecular formula is C27H20N2O4. The number of Topliss-reactive ketones (excluding diaryl/α,β-unsaturated/α-hetero) is 1. The maximum atomic E-state index is 13.2. The predicted molar refractivity (Wildman–Crippen MR) is 126 cm³/mol. The predicted octanol–water partition coefficient (Wildman–Crippen LogP) is 4.87. The van der Waals surface area contributed by atoms with E-state index in [9.17, 15) is 14.7 Å². The number of amides is 1. The van der Waals surface area contributed by atoms with Gasteiger partial charge in [-0.25, -0.2) is 0 Å². The molecule has 1 aliphatic heterocycles. The fraction of sp³-hybridized carbons (Fsp3) is 0.0741. The van der Waals surface area contributed by atoms with Crippen molar-refractivity contribution in [1.82, 2.24) is 4.98 Å². The first-order valence-corrected chi connectivity index (χ1v) is 10.4. The number of nitrogens with zero attached hydrogens (tertiary/aromatic N) is 2. The van der Waals surface area contributed by atoms with Crippen molar-refractivity contribution in [2.24, 2.45) is 0 Å². The van der Waals surface area contributed by atoms with E-state index in [0.717, 1.165) is 10.8 Å². The number of ketones is 1. The van der Waals surface area contributed by atoms with Gasteiger partial charge in [-0.05, 0) is 52.7 Å². The summed E-state index contributed by atoms with van der Waals surface area (Å²) < 4.78 is 5.21. The van der Waals surface area contributed by atoms with E-state index in [4.69, 9.17) is 4.74 Å². The Morgan fingerprint density at radius 2 is 1.70 bits per heavy atom. The Hall–Kier alpha value is -4.45. The molecule has 5 rings (SSSR count). The fourth-order valence-electron chi connectivity index (χ4n) is 4.19. The summed E-state index contributed by atoms with van der Waals surface area (Å²) >= 11 is 0. The molecule has 1 saturated heterocycles. The van der Waals surface area contributed by atoms with Crippen LogP contribution in [0.2, 0.25) is 0 Å². The minimum Gasteiger partial charge on any atom is -0.507 e. The lowest BCUT2D eigenvalue weighted by Crippen LogP contribution is -2.29. The first-order valence-electron chi connectivity index (χ1n) is 10.4. The zero-order valence-corrected chi connectivity index (χ0v) is 17.8. The zero-order valence-electron chi connectivity index (χ0n) is 17.8. The van der Waals surface area contributed by atoms with Gasteiger partial charge in [0.05, 0.1) is 18.7 Å². The number of benzene rings is 3. The highest BCUT2D eigenvalue weighted by molar-refractivity contribution is 6.51. The number of rotatable bonds is 4. The van der Waals surface area contributed by atoms with Gasteiger partial charge in [0.25, 0.3) is 11.7 Å². The van der Waals surface area contributed by atoms with Crippen LogP contribution in [-0.4, -0.2) is 28.9 Å². The fourth-order valence-corrected chi connectivity index (χ4v) is 4.19. The molecule has 2 heterocycles. The number of ether oxygens (including phenoxy) is 1. The summed E-state index contributed by atoms with van der Waals surface area (Å²) in [5, 5.41) is 13.2. The van der Waals surface area contributed by atoms with Crippen molar-refractivity contribution in [3.05, 3.63) is 108 Å². The molecule has 4 aromatic rings. The Labute approximate surface area is 190 Å². The summed E-state index contributed by atoms with van der Waals surface area (Å²) in [6, 6.07) is 22.7. The molecule has 1 atom stereocenters. The van der Waals surface area contributed by atoms with E-state index < -0.39 is 17.7 Å².